The van der Waals surface area contributed by atoms with Gasteiger partial charge in [0.05, 0.1) is 13.7 Å². The van der Waals surface area contributed by atoms with Crippen LogP contribution in [0.15, 0.2) is 47.0 Å². The topological polar surface area (TPSA) is 51.4 Å². The third kappa shape index (κ3) is 4.39. The van der Waals surface area contributed by atoms with Crippen LogP contribution < -0.4 is 4.74 Å². The largest absolute Gasteiger partial charge is 0.494 e. The second-order valence-corrected chi connectivity index (χ2v) is 6.23. The second kappa shape index (κ2) is 8.29. The molecule has 1 aromatic heterocycles. The highest BCUT2D eigenvalue weighted by Gasteiger charge is 2.13. The number of benzene rings is 2. The highest BCUT2D eigenvalue weighted by molar-refractivity contribution is 6.30. The van der Waals surface area contributed by atoms with E-state index in [9.17, 15) is 4.39 Å². The molecule has 0 bridgehead atoms. The van der Waals surface area contributed by atoms with Crippen LogP contribution in [0.2, 0.25) is 5.02 Å². The molecule has 3 aromatic rings. The van der Waals surface area contributed by atoms with Gasteiger partial charge >= 0.3 is 0 Å². The Hall–Kier alpha value is -2.44. The van der Waals surface area contributed by atoms with Gasteiger partial charge in [-0.1, -0.05) is 29.7 Å². The molecule has 0 radical (unpaired) electrons. The smallest absolute Gasteiger partial charge is 0.241 e. The summed E-state index contributed by atoms with van der Waals surface area (Å²) < 4.78 is 24.2. The zero-order valence-electron chi connectivity index (χ0n) is 14.6. The first-order chi connectivity index (χ1) is 12.6. The van der Waals surface area contributed by atoms with Gasteiger partial charge in [0.1, 0.15) is 0 Å². The van der Waals surface area contributed by atoms with Gasteiger partial charge in [-0.25, -0.2) is 4.39 Å². The zero-order chi connectivity index (χ0) is 18.5. The van der Waals surface area contributed by atoms with E-state index in [4.69, 9.17) is 20.9 Å². The predicted molar refractivity (Wildman–Crippen MR) is 97.5 cm³/mol. The molecule has 0 spiro atoms. The minimum atomic E-state index is -0.371. The van der Waals surface area contributed by atoms with Crippen molar-refractivity contribution in [2.24, 2.45) is 0 Å². The number of halogens is 2. The maximum absolute atomic E-state index is 13.9. The Balaban J connectivity index is 1.68. The summed E-state index contributed by atoms with van der Waals surface area (Å²) in [5.41, 5.74) is 1.69. The SMILES string of the molecule is CCN(Cc1ccc(OC)c(F)c1)Cc1nc(-c2ccc(Cl)cc2)no1. The number of rotatable bonds is 7. The minimum absolute atomic E-state index is 0.237. The van der Waals surface area contributed by atoms with Crippen molar-refractivity contribution >= 4 is 11.6 Å². The van der Waals surface area contributed by atoms with Crippen molar-refractivity contribution in [2.75, 3.05) is 13.7 Å². The van der Waals surface area contributed by atoms with E-state index >= 15 is 0 Å². The standard InChI is InChI=1S/C19H19ClFN3O2/c1-3-24(11-13-4-9-17(25-2)16(21)10-13)12-18-22-19(23-26-18)14-5-7-15(20)8-6-14/h4-10H,3,11-12H2,1-2H3. The van der Waals surface area contributed by atoms with Crippen molar-refractivity contribution < 1.29 is 13.7 Å². The van der Waals surface area contributed by atoms with Gasteiger partial charge in [-0.3, -0.25) is 4.90 Å². The molecule has 0 saturated carbocycles. The number of hydrogen-bond acceptors (Lipinski definition) is 5. The van der Waals surface area contributed by atoms with Crippen LogP contribution in [0, 0.1) is 5.82 Å². The van der Waals surface area contributed by atoms with Crippen LogP contribution >= 0.6 is 11.6 Å². The highest BCUT2D eigenvalue weighted by Crippen LogP contribution is 2.21. The number of ether oxygens (including phenoxy) is 1. The van der Waals surface area contributed by atoms with E-state index in [0.717, 1.165) is 17.7 Å². The molecule has 2 aromatic carbocycles. The van der Waals surface area contributed by atoms with E-state index in [-0.39, 0.29) is 11.6 Å². The normalized spacial score (nSPS) is 11.1. The Kier molecular flexibility index (Phi) is 5.85. The van der Waals surface area contributed by atoms with E-state index in [1.807, 2.05) is 25.1 Å². The summed E-state index contributed by atoms with van der Waals surface area (Å²) in [6, 6.07) is 12.2. The number of methoxy groups -OCH3 is 1. The molecule has 0 amide bonds. The summed E-state index contributed by atoms with van der Waals surface area (Å²) in [6.45, 7) is 3.82. The van der Waals surface area contributed by atoms with Crippen molar-refractivity contribution in [3.63, 3.8) is 0 Å². The number of aromatic nitrogens is 2. The molecule has 26 heavy (non-hydrogen) atoms. The molecule has 0 aliphatic rings. The van der Waals surface area contributed by atoms with E-state index in [2.05, 4.69) is 15.0 Å². The molecule has 0 atom stereocenters. The summed E-state index contributed by atoms with van der Waals surface area (Å²) in [7, 11) is 1.45. The second-order valence-electron chi connectivity index (χ2n) is 5.79. The lowest BCUT2D eigenvalue weighted by molar-refractivity contribution is 0.228. The zero-order valence-corrected chi connectivity index (χ0v) is 15.3. The van der Waals surface area contributed by atoms with Gasteiger partial charge in [0.2, 0.25) is 11.7 Å². The van der Waals surface area contributed by atoms with Crippen LogP contribution in [0.3, 0.4) is 0 Å². The Morgan fingerprint density at radius 2 is 1.92 bits per heavy atom. The van der Waals surface area contributed by atoms with Gasteiger partial charge < -0.3 is 9.26 Å². The fourth-order valence-corrected chi connectivity index (χ4v) is 2.70. The van der Waals surface area contributed by atoms with Crippen LogP contribution in [0.5, 0.6) is 5.75 Å². The van der Waals surface area contributed by atoms with Crippen LogP contribution in [0.25, 0.3) is 11.4 Å². The lowest BCUT2D eigenvalue weighted by atomic mass is 10.2. The molecule has 136 valence electrons. The van der Waals surface area contributed by atoms with Crippen LogP contribution in [-0.2, 0) is 13.1 Å². The van der Waals surface area contributed by atoms with Gasteiger partial charge in [0.15, 0.2) is 11.6 Å². The summed E-state index contributed by atoms with van der Waals surface area (Å²) in [4.78, 5) is 6.51. The molecule has 7 heteroatoms. The third-order valence-corrected chi connectivity index (χ3v) is 4.25. The average Bonchev–Trinajstić information content (AvgIpc) is 3.10. The van der Waals surface area contributed by atoms with Crippen LogP contribution in [0.1, 0.15) is 18.4 Å². The fraction of sp³-hybridized carbons (Fsp3) is 0.263. The van der Waals surface area contributed by atoms with E-state index in [1.165, 1.54) is 13.2 Å². The quantitative estimate of drug-likeness (QED) is 0.606. The van der Waals surface area contributed by atoms with Gasteiger partial charge in [-0.2, -0.15) is 4.98 Å². The summed E-state index contributed by atoms with van der Waals surface area (Å²) >= 11 is 5.89. The van der Waals surface area contributed by atoms with Crippen molar-refractivity contribution in [3.8, 4) is 17.1 Å². The Morgan fingerprint density at radius 3 is 2.58 bits per heavy atom. The molecule has 0 unspecified atom stereocenters. The molecule has 0 fully saturated rings. The summed E-state index contributed by atoms with van der Waals surface area (Å²) in [5.74, 6) is 0.888. The molecule has 0 N–H and O–H groups in total. The first kappa shape index (κ1) is 18.4. The molecule has 1 heterocycles. The van der Waals surface area contributed by atoms with Gasteiger partial charge in [-0.05, 0) is 48.5 Å². The number of hydrogen-bond donors (Lipinski definition) is 0. The molecule has 0 saturated heterocycles. The van der Waals surface area contributed by atoms with Crippen LogP contribution in [-0.4, -0.2) is 28.7 Å². The van der Waals surface area contributed by atoms with Crippen molar-refractivity contribution in [3.05, 3.63) is 64.8 Å². The Morgan fingerprint density at radius 1 is 1.15 bits per heavy atom. The van der Waals surface area contributed by atoms with Crippen molar-refractivity contribution in [1.29, 1.82) is 0 Å². The fourth-order valence-electron chi connectivity index (χ4n) is 2.57. The third-order valence-electron chi connectivity index (χ3n) is 4.00. The Labute approximate surface area is 156 Å². The lowest BCUT2D eigenvalue weighted by Crippen LogP contribution is -2.22. The minimum Gasteiger partial charge on any atom is -0.494 e. The van der Waals surface area contributed by atoms with Gasteiger partial charge in [0.25, 0.3) is 0 Å². The molecular formula is C19H19ClFN3O2. The molecule has 0 aliphatic heterocycles. The Bertz CT molecular complexity index is 867. The summed E-state index contributed by atoms with van der Waals surface area (Å²) in [5, 5.41) is 4.67. The van der Waals surface area contributed by atoms with E-state index < -0.39 is 0 Å². The van der Waals surface area contributed by atoms with E-state index in [0.29, 0.717) is 29.8 Å². The first-order valence-corrected chi connectivity index (χ1v) is 8.60. The highest BCUT2D eigenvalue weighted by atomic mass is 35.5. The summed E-state index contributed by atoms with van der Waals surface area (Å²) in [6.07, 6.45) is 0. The van der Waals surface area contributed by atoms with E-state index in [1.54, 1.807) is 18.2 Å². The molecule has 3 rings (SSSR count). The van der Waals surface area contributed by atoms with Gasteiger partial charge in [-0.15, -0.1) is 0 Å². The molecule has 5 nitrogen and oxygen atoms in total. The number of nitrogens with zero attached hydrogens (tertiary/aromatic N) is 3. The maximum Gasteiger partial charge on any atom is 0.241 e. The van der Waals surface area contributed by atoms with Crippen molar-refractivity contribution in [2.45, 2.75) is 20.0 Å². The van der Waals surface area contributed by atoms with Crippen molar-refractivity contribution in [1.82, 2.24) is 15.0 Å². The molecule has 0 aliphatic carbocycles. The molecular weight excluding hydrogens is 357 g/mol. The first-order valence-electron chi connectivity index (χ1n) is 8.22. The monoisotopic (exact) mass is 375 g/mol. The average molecular weight is 376 g/mol. The maximum atomic E-state index is 13.9. The van der Waals surface area contributed by atoms with Gasteiger partial charge in [0, 0.05) is 17.1 Å². The predicted octanol–water partition coefficient (Wildman–Crippen LogP) is 4.56. The van der Waals surface area contributed by atoms with Crippen LogP contribution in [0.4, 0.5) is 4.39 Å². The lowest BCUT2D eigenvalue weighted by Gasteiger charge is -2.18.